The number of nitrogens with one attached hydrogen (secondary N) is 3. The van der Waals surface area contributed by atoms with E-state index in [0.717, 1.165) is 0 Å². The molecule has 0 spiro atoms. The van der Waals surface area contributed by atoms with Gasteiger partial charge in [-0.05, 0) is 31.6 Å². The van der Waals surface area contributed by atoms with Crippen LogP contribution in [0.2, 0.25) is 0 Å². The van der Waals surface area contributed by atoms with Gasteiger partial charge in [0.1, 0.15) is 18.1 Å². The number of nitrogens with zero attached hydrogens (tertiary/aromatic N) is 2. The van der Waals surface area contributed by atoms with Gasteiger partial charge in [0.25, 0.3) is 0 Å². The zero-order chi connectivity index (χ0) is 27.8. The molecule has 0 aliphatic carbocycles. The lowest BCUT2D eigenvalue weighted by Gasteiger charge is -2.25. The summed E-state index contributed by atoms with van der Waals surface area (Å²) in [4.78, 5) is 57.1. The summed E-state index contributed by atoms with van der Waals surface area (Å²) in [5.41, 5.74) is 27.1. The van der Waals surface area contributed by atoms with Gasteiger partial charge in [-0.1, -0.05) is 13.8 Å². The highest BCUT2D eigenvalue weighted by molar-refractivity contribution is 5.94. The highest BCUT2D eigenvalue weighted by Gasteiger charge is 2.30. The number of hydrogen-bond donors (Lipinski definition) is 10. The normalized spacial score (nSPS) is 14.0. The fraction of sp³-hybridized carbons (Fsp3) is 0.700. The van der Waals surface area contributed by atoms with E-state index in [2.05, 4.69) is 25.9 Å². The van der Waals surface area contributed by atoms with Crippen LogP contribution in [0.1, 0.15) is 39.5 Å². The van der Waals surface area contributed by atoms with E-state index in [9.17, 15) is 24.3 Å². The Hall–Kier alpha value is -3.66. The van der Waals surface area contributed by atoms with E-state index >= 15 is 0 Å². The zero-order valence-corrected chi connectivity index (χ0v) is 20.6. The molecular formula is C20H40N10O6. The second-order valence-electron chi connectivity index (χ2n) is 8.37. The molecule has 0 fully saturated rings. The monoisotopic (exact) mass is 516 g/mol. The van der Waals surface area contributed by atoms with Crippen LogP contribution in [0.15, 0.2) is 9.98 Å². The molecule has 4 unspecified atom stereocenters. The third kappa shape index (κ3) is 13.3. The molecule has 0 aliphatic rings. The molecule has 0 saturated carbocycles. The molecule has 0 heterocycles. The standard InChI is InChI=1S/C20H40N10O6/c1-10(2)14(21)17(34)29-12(6-4-8-27-20(24)25)15(32)28-11(5-3-7-26-19(22)23)16(33)30-13(9-31)18(35)36/h10-14,31H,3-9,21H2,1-2H3,(H,28,32)(H,29,34)(H,30,33)(H,35,36)(H4,22,23,26)(H4,24,25,27). The van der Waals surface area contributed by atoms with Crippen molar-refractivity contribution in [3.05, 3.63) is 0 Å². The molecule has 0 bridgehead atoms. The van der Waals surface area contributed by atoms with Crippen LogP contribution in [0.4, 0.5) is 0 Å². The molecule has 16 heteroatoms. The lowest BCUT2D eigenvalue weighted by Crippen LogP contribution is -2.57. The maximum absolute atomic E-state index is 13.1. The van der Waals surface area contributed by atoms with Crippen molar-refractivity contribution < 1.29 is 29.4 Å². The molecule has 0 saturated heterocycles. The van der Waals surface area contributed by atoms with Gasteiger partial charge in [0, 0.05) is 13.1 Å². The lowest BCUT2D eigenvalue weighted by atomic mass is 10.0. The Bertz CT molecular complexity index is 796. The van der Waals surface area contributed by atoms with Crippen molar-refractivity contribution in [2.24, 2.45) is 44.6 Å². The molecule has 0 aromatic heterocycles. The van der Waals surface area contributed by atoms with Crippen molar-refractivity contribution in [2.45, 2.75) is 63.7 Å². The highest BCUT2D eigenvalue weighted by atomic mass is 16.4. The van der Waals surface area contributed by atoms with E-state index in [-0.39, 0.29) is 50.2 Å². The van der Waals surface area contributed by atoms with E-state index in [0.29, 0.717) is 6.42 Å². The Kier molecular flexibility index (Phi) is 15.2. The predicted molar refractivity (Wildman–Crippen MR) is 133 cm³/mol. The quantitative estimate of drug-likeness (QED) is 0.0500. The topological polar surface area (TPSA) is 300 Å². The molecule has 0 radical (unpaired) electrons. The number of nitrogens with two attached hydrogens (primary N) is 5. The van der Waals surface area contributed by atoms with Gasteiger partial charge in [0.15, 0.2) is 11.9 Å². The smallest absolute Gasteiger partial charge is 0.328 e. The number of rotatable bonds is 17. The minimum Gasteiger partial charge on any atom is -0.480 e. The molecule has 15 N–H and O–H groups in total. The molecule has 4 atom stereocenters. The van der Waals surface area contributed by atoms with E-state index in [1.807, 2.05) is 0 Å². The van der Waals surface area contributed by atoms with Gasteiger partial charge in [-0.25, -0.2) is 4.79 Å². The van der Waals surface area contributed by atoms with Crippen LogP contribution in [0, 0.1) is 5.92 Å². The van der Waals surface area contributed by atoms with E-state index in [1.54, 1.807) is 13.8 Å². The maximum Gasteiger partial charge on any atom is 0.328 e. The van der Waals surface area contributed by atoms with Gasteiger partial charge in [0.2, 0.25) is 17.7 Å². The Morgan fingerprint density at radius 2 is 1.14 bits per heavy atom. The molecule has 0 aromatic rings. The zero-order valence-electron chi connectivity index (χ0n) is 20.6. The van der Waals surface area contributed by atoms with Gasteiger partial charge in [-0.15, -0.1) is 0 Å². The summed E-state index contributed by atoms with van der Waals surface area (Å²) >= 11 is 0. The Labute approximate surface area is 209 Å². The molecular weight excluding hydrogens is 476 g/mol. The van der Waals surface area contributed by atoms with Gasteiger partial charge in [0.05, 0.1) is 12.6 Å². The molecule has 0 rings (SSSR count). The van der Waals surface area contributed by atoms with Gasteiger partial charge in [-0.3, -0.25) is 24.4 Å². The number of carbonyl (C=O) groups excluding carboxylic acids is 3. The van der Waals surface area contributed by atoms with Crippen LogP contribution in [-0.2, 0) is 19.2 Å². The largest absolute Gasteiger partial charge is 0.480 e. The number of guanidine groups is 2. The molecule has 0 aromatic carbocycles. The van der Waals surface area contributed by atoms with Crippen molar-refractivity contribution in [1.82, 2.24) is 16.0 Å². The molecule has 0 aliphatic heterocycles. The van der Waals surface area contributed by atoms with E-state index in [1.165, 1.54) is 0 Å². The molecule has 36 heavy (non-hydrogen) atoms. The molecule has 3 amide bonds. The number of aliphatic hydroxyl groups is 1. The van der Waals surface area contributed by atoms with Crippen LogP contribution in [0.25, 0.3) is 0 Å². The summed E-state index contributed by atoms with van der Waals surface area (Å²) in [7, 11) is 0. The van der Waals surface area contributed by atoms with E-state index < -0.39 is 54.5 Å². The third-order valence-electron chi connectivity index (χ3n) is 4.97. The Morgan fingerprint density at radius 1 is 0.750 bits per heavy atom. The van der Waals surface area contributed by atoms with Crippen molar-refractivity contribution in [1.29, 1.82) is 0 Å². The number of carboxylic acids is 1. The predicted octanol–water partition coefficient (Wildman–Crippen LogP) is -4.39. The van der Waals surface area contributed by atoms with Gasteiger partial charge >= 0.3 is 5.97 Å². The molecule has 206 valence electrons. The third-order valence-corrected chi connectivity index (χ3v) is 4.97. The van der Waals surface area contributed by atoms with Crippen molar-refractivity contribution in [3.8, 4) is 0 Å². The fourth-order valence-electron chi connectivity index (χ4n) is 2.85. The summed E-state index contributed by atoms with van der Waals surface area (Å²) in [6.45, 7) is 2.97. The number of carboxylic acid groups (broad SMARTS) is 1. The summed E-state index contributed by atoms with van der Waals surface area (Å²) < 4.78 is 0. The second-order valence-corrected chi connectivity index (χ2v) is 8.37. The fourth-order valence-corrected chi connectivity index (χ4v) is 2.85. The summed E-state index contributed by atoms with van der Waals surface area (Å²) in [6.07, 6.45) is 0.731. The average Bonchev–Trinajstić information content (AvgIpc) is 2.79. The summed E-state index contributed by atoms with van der Waals surface area (Å²) in [5.74, 6) is -4.06. The Morgan fingerprint density at radius 3 is 1.47 bits per heavy atom. The maximum atomic E-state index is 13.1. The number of aliphatic carboxylic acids is 1. The highest BCUT2D eigenvalue weighted by Crippen LogP contribution is 2.06. The first-order chi connectivity index (χ1) is 16.8. The molecule has 16 nitrogen and oxygen atoms in total. The number of hydrogen-bond acceptors (Lipinski definition) is 8. The minimum atomic E-state index is -1.58. The van der Waals surface area contributed by atoms with Crippen molar-refractivity contribution >= 4 is 35.6 Å². The van der Waals surface area contributed by atoms with Gasteiger partial charge < -0.3 is 54.8 Å². The number of aliphatic imine (C=N–C) groups is 2. The lowest BCUT2D eigenvalue weighted by molar-refractivity contribution is -0.143. The number of amides is 3. The first-order valence-corrected chi connectivity index (χ1v) is 11.4. The average molecular weight is 517 g/mol. The van der Waals surface area contributed by atoms with E-state index in [4.69, 9.17) is 33.8 Å². The first kappa shape index (κ1) is 32.3. The second kappa shape index (κ2) is 16.9. The van der Waals surface area contributed by atoms with Crippen LogP contribution in [0.3, 0.4) is 0 Å². The SMILES string of the molecule is CC(C)C(N)C(=O)NC(CCCN=C(N)N)C(=O)NC(CCCN=C(N)N)C(=O)NC(CO)C(=O)O. The van der Waals surface area contributed by atoms with Crippen molar-refractivity contribution in [2.75, 3.05) is 19.7 Å². The van der Waals surface area contributed by atoms with Crippen molar-refractivity contribution in [3.63, 3.8) is 0 Å². The first-order valence-electron chi connectivity index (χ1n) is 11.4. The Balaban J connectivity index is 5.63. The van der Waals surface area contributed by atoms with Crippen LogP contribution < -0.4 is 44.6 Å². The van der Waals surface area contributed by atoms with Gasteiger partial charge in [-0.2, -0.15) is 0 Å². The number of aliphatic hydroxyl groups excluding tert-OH is 1. The van der Waals surface area contributed by atoms with Crippen LogP contribution in [-0.4, -0.2) is 89.7 Å². The van der Waals surface area contributed by atoms with Crippen LogP contribution in [0.5, 0.6) is 0 Å². The number of carbonyl (C=O) groups is 4. The summed E-state index contributed by atoms with van der Waals surface area (Å²) in [6, 6.07) is -4.75. The summed E-state index contributed by atoms with van der Waals surface area (Å²) in [5, 5.41) is 25.6. The minimum absolute atomic E-state index is 0.0340. The van der Waals surface area contributed by atoms with Crippen LogP contribution >= 0.6 is 0 Å².